The van der Waals surface area contributed by atoms with Crippen molar-refractivity contribution in [3.63, 3.8) is 0 Å². The Morgan fingerprint density at radius 3 is 2.11 bits per heavy atom. The number of hydrogen-bond donors (Lipinski definition) is 2. The van der Waals surface area contributed by atoms with Gasteiger partial charge in [0, 0.05) is 50.2 Å². The number of benzene rings is 3. The average molecular weight is 999 g/mol. The summed E-state index contributed by atoms with van der Waals surface area (Å²) in [5, 5.41) is 14.5. The maximum atomic E-state index is 14.1. The number of Topliss-reactive ketones (excluding diaryl/α,β-unsaturated/α-hetero) is 1. The second kappa shape index (κ2) is 20.8. The Kier molecular flexibility index (Phi) is 14.1. The van der Waals surface area contributed by atoms with Gasteiger partial charge in [-0.25, -0.2) is 14.5 Å². The number of rotatable bonds is 16. The molecule has 3 aromatic carbocycles. The van der Waals surface area contributed by atoms with Crippen LogP contribution in [-0.4, -0.2) is 127 Å². The molecule has 2 N–H and O–H groups in total. The van der Waals surface area contributed by atoms with Crippen LogP contribution in [0.3, 0.4) is 0 Å². The number of fused-ring (bicyclic) bond motifs is 5. The summed E-state index contributed by atoms with van der Waals surface area (Å²) >= 11 is 0. The second-order valence-electron chi connectivity index (χ2n) is 18.1. The highest BCUT2D eigenvalue weighted by molar-refractivity contribution is 6.23. The van der Waals surface area contributed by atoms with Gasteiger partial charge in [-0.15, -0.1) is 0 Å². The van der Waals surface area contributed by atoms with E-state index in [1.54, 1.807) is 54.6 Å². The van der Waals surface area contributed by atoms with Crippen molar-refractivity contribution in [3.8, 4) is 23.0 Å². The van der Waals surface area contributed by atoms with E-state index in [1.165, 1.54) is 49.0 Å². The minimum absolute atomic E-state index is 0.0708. The maximum Gasteiger partial charge on any atom is 0.416 e. The number of allylic oxidation sites excluding steroid dienone is 2. The van der Waals surface area contributed by atoms with Crippen molar-refractivity contribution in [1.29, 1.82) is 0 Å². The number of hydrogen-bond acceptors (Lipinski definition) is 15. The third kappa shape index (κ3) is 9.84. The van der Waals surface area contributed by atoms with Gasteiger partial charge in [0.2, 0.25) is 11.6 Å². The summed E-state index contributed by atoms with van der Waals surface area (Å²) in [6, 6.07) is 13.3. The van der Waals surface area contributed by atoms with Crippen LogP contribution in [0.5, 0.6) is 23.0 Å². The van der Waals surface area contributed by atoms with Crippen molar-refractivity contribution >= 4 is 58.8 Å². The molecule has 1 aromatic heterocycles. The number of ketones is 2. The van der Waals surface area contributed by atoms with Crippen molar-refractivity contribution in [3.05, 3.63) is 124 Å². The highest BCUT2D eigenvalue weighted by atomic mass is 16.6. The molecule has 2 fully saturated rings. The number of methoxy groups -OCH3 is 3. The van der Waals surface area contributed by atoms with Crippen LogP contribution in [0.1, 0.15) is 84.9 Å². The largest absolute Gasteiger partial charge is 0.493 e. The molecular weight excluding hydrogens is 945 g/mol. The zero-order valence-corrected chi connectivity index (χ0v) is 40.8. The molecule has 4 amide bonds. The smallest absolute Gasteiger partial charge is 0.416 e. The number of nitrogens with zero attached hydrogens (tertiary/aromatic N) is 5. The minimum atomic E-state index is -1.51. The molecule has 0 saturated carbocycles. The molecule has 73 heavy (non-hydrogen) atoms. The lowest BCUT2D eigenvalue weighted by molar-refractivity contribution is 0.0485. The fourth-order valence-corrected chi connectivity index (χ4v) is 9.53. The highest BCUT2D eigenvalue weighted by Gasteiger charge is 2.46. The highest BCUT2D eigenvalue weighted by Crippen LogP contribution is 2.43. The van der Waals surface area contributed by atoms with Gasteiger partial charge in [0.05, 0.1) is 80.4 Å². The predicted octanol–water partition coefficient (Wildman–Crippen LogP) is 7.06. The molecule has 1 aliphatic carbocycles. The summed E-state index contributed by atoms with van der Waals surface area (Å²) in [6.07, 6.45) is 2.55. The number of aliphatic hydroxyl groups excluding tert-OH is 1. The zero-order valence-electron chi connectivity index (χ0n) is 40.8. The number of aliphatic imine (C=N–C) groups is 1. The van der Waals surface area contributed by atoms with Crippen LogP contribution in [0.15, 0.2) is 95.7 Å². The second-order valence-corrected chi connectivity index (χ2v) is 18.1. The van der Waals surface area contributed by atoms with Gasteiger partial charge in [-0.3, -0.25) is 29.5 Å². The van der Waals surface area contributed by atoms with E-state index in [2.05, 4.69) is 23.5 Å². The Morgan fingerprint density at radius 2 is 1.41 bits per heavy atom. The van der Waals surface area contributed by atoms with E-state index >= 15 is 0 Å². The molecule has 20 heteroatoms. The Balaban J connectivity index is 0.809. The van der Waals surface area contributed by atoms with Gasteiger partial charge in [0.15, 0.2) is 35.0 Å². The molecule has 0 bridgehead atoms. The normalized spacial score (nSPS) is 18.7. The van der Waals surface area contributed by atoms with Crippen LogP contribution in [0.4, 0.5) is 26.7 Å². The van der Waals surface area contributed by atoms with Crippen LogP contribution in [0, 0.1) is 0 Å². The number of aromatic nitrogens is 1. The molecule has 9 rings (SSSR count). The fraction of sp³-hybridized carbons (Fsp3) is 0.340. The van der Waals surface area contributed by atoms with Crippen LogP contribution >= 0.6 is 0 Å². The van der Waals surface area contributed by atoms with E-state index in [0.29, 0.717) is 84.1 Å². The van der Waals surface area contributed by atoms with Crippen molar-refractivity contribution in [2.24, 2.45) is 12.0 Å². The Hall–Kier alpha value is -8.39. The maximum absolute atomic E-state index is 14.1. The molecule has 3 atom stereocenters. The molecule has 4 aromatic rings. The Morgan fingerprint density at radius 1 is 0.753 bits per heavy atom. The summed E-state index contributed by atoms with van der Waals surface area (Å²) in [5.74, 6) is -0.0963. The summed E-state index contributed by atoms with van der Waals surface area (Å²) < 4.78 is 41.2. The van der Waals surface area contributed by atoms with E-state index in [4.69, 9.17) is 33.2 Å². The first-order valence-corrected chi connectivity index (χ1v) is 23.6. The standard InChI is InChI=1S/C53H54N6O14/c1-29-16-33-24-54-38-21-44(42(67-4)19-35(38)49(62)57(33)25-29)70-14-8-7-9-15-71-45-22-39-36(20-43(45)68-5)50(63)58-26-30(2)17-40(58)51(64)59(39)53(66)73-27-31-10-12-32(13-11-31)55-52(65)72-28-34-18-37-47(56(34)3)41(60)23-46(69-6)48(37)61/h10-13,18-24,33,40,51,64H,1-2,7-9,14-17,25-28H2,3-6H3,(H,55,65)/t33?,40-,51?/m0/s1. The first-order chi connectivity index (χ1) is 35.2. The lowest BCUT2D eigenvalue weighted by Gasteiger charge is -2.31. The number of carbonyl (C=O) groups is 6. The summed E-state index contributed by atoms with van der Waals surface area (Å²) in [4.78, 5) is 88.5. The van der Waals surface area contributed by atoms with Crippen LogP contribution in [0.25, 0.3) is 0 Å². The van der Waals surface area contributed by atoms with E-state index in [1.807, 2.05) is 0 Å². The summed E-state index contributed by atoms with van der Waals surface area (Å²) in [5.41, 5.74) is 4.46. The first kappa shape index (κ1) is 49.6. The lowest BCUT2D eigenvalue weighted by Crippen LogP contribution is -2.50. The Bertz CT molecular complexity index is 3010. The molecule has 2 saturated heterocycles. The third-order valence-corrected chi connectivity index (χ3v) is 13.3. The summed E-state index contributed by atoms with van der Waals surface area (Å²) in [6.45, 7) is 8.87. The van der Waals surface area contributed by atoms with Gasteiger partial charge in [0.1, 0.15) is 18.9 Å². The van der Waals surface area contributed by atoms with Crippen LogP contribution < -0.4 is 29.2 Å². The lowest BCUT2D eigenvalue weighted by atomic mass is 10.0. The SMILES string of the molecule is C=C1CC2C=Nc3cc(OCCCCCOc4cc5c(cc4OC)C(=O)N4CC(=C)C[C@H]4C(O)N5C(=O)OCc4ccc(NC(=O)OCc5cc6c(n5C)C(=O)C=C(OC)C6=O)cc4)c(OC)cc3C(=O)N2C1. The molecule has 5 heterocycles. The topological polar surface area (TPSA) is 226 Å². The van der Waals surface area contributed by atoms with Gasteiger partial charge < -0.3 is 52.6 Å². The molecule has 0 radical (unpaired) electrons. The predicted molar refractivity (Wildman–Crippen MR) is 264 cm³/mol. The van der Waals surface area contributed by atoms with Crippen molar-refractivity contribution in [1.82, 2.24) is 14.4 Å². The van der Waals surface area contributed by atoms with Crippen molar-refractivity contribution < 1.29 is 67.0 Å². The third-order valence-electron chi connectivity index (χ3n) is 13.3. The molecule has 4 aliphatic heterocycles. The minimum Gasteiger partial charge on any atom is -0.493 e. The van der Waals surface area contributed by atoms with Crippen LogP contribution in [-0.2, 0) is 34.5 Å². The molecule has 2 unspecified atom stereocenters. The molecular formula is C53H54N6O14. The van der Waals surface area contributed by atoms with Gasteiger partial charge in [-0.05, 0) is 68.0 Å². The van der Waals surface area contributed by atoms with Gasteiger partial charge in [-0.1, -0.05) is 36.4 Å². The van der Waals surface area contributed by atoms with Gasteiger partial charge in [-0.2, -0.15) is 0 Å². The number of ether oxygens (including phenoxy) is 7. The van der Waals surface area contributed by atoms with Crippen LogP contribution in [0.2, 0.25) is 0 Å². The van der Waals surface area contributed by atoms with E-state index < -0.39 is 41.9 Å². The molecule has 0 spiro atoms. The van der Waals surface area contributed by atoms with Crippen molar-refractivity contribution in [2.45, 2.75) is 63.6 Å². The molecule has 5 aliphatic rings. The monoisotopic (exact) mass is 998 g/mol. The quantitative estimate of drug-likeness (QED) is 0.0847. The van der Waals surface area contributed by atoms with E-state index in [0.717, 1.165) is 16.5 Å². The zero-order chi connectivity index (χ0) is 51.7. The van der Waals surface area contributed by atoms with E-state index in [-0.39, 0.29) is 84.5 Å². The first-order valence-electron chi connectivity index (χ1n) is 23.6. The fourth-order valence-electron chi connectivity index (χ4n) is 9.53. The molecule has 380 valence electrons. The average Bonchev–Trinajstić information content (AvgIpc) is 4.04. The van der Waals surface area contributed by atoms with Gasteiger partial charge in [0.25, 0.3) is 11.8 Å². The Labute approximate surface area is 420 Å². The number of anilines is 2. The number of amides is 4. The van der Waals surface area contributed by atoms with Crippen molar-refractivity contribution in [2.75, 3.05) is 57.8 Å². The number of nitrogens with one attached hydrogen (secondary N) is 1. The number of unbranched alkanes of at least 4 members (excludes halogenated alkanes) is 2. The number of aliphatic hydroxyl groups is 1. The number of carbonyl (C=O) groups excluding carboxylic acids is 6. The van der Waals surface area contributed by atoms with Gasteiger partial charge >= 0.3 is 12.2 Å². The molecule has 20 nitrogen and oxygen atoms in total. The van der Waals surface area contributed by atoms with E-state index in [9.17, 15) is 33.9 Å². The summed E-state index contributed by atoms with van der Waals surface area (Å²) in [7, 11) is 5.86.